The van der Waals surface area contributed by atoms with E-state index in [0.29, 0.717) is 0 Å². The van der Waals surface area contributed by atoms with Crippen LogP contribution in [-0.4, -0.2) is 16.9 Å². The number of nitrogens with two attached hydrogens (primary N) is 1. The highest BCUT2D eigenvalue weighted by atomic mass is 79.9. The molecule has 2 aliphatic rings. The van der Waals surface area contributed by atoms with Crippen LogP contribution in [0.4, 0.5) is 5.69 Å². The summed E-state index contributed by atoms with van der Waals surface area (Å²) in [4.78, 5) is 4.70. The predicted octanol–water partition coefficient (Wildman–Crippen LogP) is 4.34. The second-order valence-electron chi connectivity index (χ2n) is 6.58. The van der Waals surface area contributed by atoms with Crippen LogP contribution in [0, 0.1) is 0 Å². The lowest BCUT2D eigenvalue weighted by atomic mass is 9.76. The quantitative estimate of drug-likeness (QED) is 0.782. The lowest BCUT2D eigenvalue weighted by Crippen LogP contribution is -2.34. The van der Waals surface area contributed by atoms with Crippen LogP contribution in [0.3, 0.4) is 0 Å². The van der Waals surface area contributed by atoms with Gasteiger partial charge in [-0.05, 0) is 43.9 Å². The average molecular weight is 363 g/mol. The lowest BCUT2D eigenvalue weighted by molar-refractivity contribution is -0.00874. The van der Waals surface area contributed by atoms with Crippen LogP contribution in [0.15, 0.2) is 39.8 Å². The van der Waals surface area contributed by atoms with Gasteiger partial charge >= 0.3 is 0 Å². The maximum atomic E-state index is 10.8. The van der Waals surface area contributed by atoms with E-state index in [-0.39, 0.29) is 0 Å². The number of anilines is 1. The molecule has 1 fully saturated rings. The van der Waals surface area contributed by atoms with Crippen molar-refractivity contribution in [2.75, 3.05) is 5.73 Å². The molecule has 0 spiro atoms. The Bertz CT molecular complexity index is 591. The predicted molar refractivity (Wildman–Crippen MR) is 95.1 cm³/mol. The number of hydrogen-bond donors (Lipinski definition) is 2. The molecule has 1 heterocycles. The van der Waals surface area contributed by atoms with Crippen LogP contribution in [0.1, 0.15) is 50.5 Å². The van der Waals surface area contributed by atoms with Gasteiger partial charge in [0.25, 0.3) is 0 Å². The number of benzene rings is 1. The van der Waals surface area contributed by atoms with Crippen molar-refractivity contribution < 1.29 is 5.11 Å². The maximum Gasteiger partial charge on any atom is 0.106 e. The smallest absolute Gasteiger partial charge is 0.106 e. The number of allylic oxidation sites excluding steroid dienone is 1. The Morgan fingerprint density at radius 3 is 2.59 bits per heavy atom. The second-order valence-corrected chi connectivity index (χ2v) is 7.49. The van der Waals surface area contributed by atoms with Crippen molar-refractivity contribution in [3.05, 3.63) is 40.4 Å². The fourth-order valence-electron chi connectivity index (χ4n) is 3.67. The van der Waals surface area contributed by atoms with Crippen molar-refractivity contribution in [2.24, 2.45) is 4.99 Å². The molecule has 0 saturated heterocycles. The van der Waals surface area contributed by atoms with E-state index in [0.717, 1.165) is 54.2 Å². The van der Waals surface area contributed by atoms with Gasteiger partial charge < -0.3 is 10.8 Å². The van der Waals surface area contributed by atoms with Gasteiger partial charge in [0.2, 0.25) is 0 Å². The molecular weight excluding hydrogens is 340 g/mol. The van der Waals surface area contributed by atoms with Crippen molar-refractivity contribution >= 4 is 27.8 Å². The third kappa shape index (κ3) is 3.13. The molecule has 0 aromatic heterocycles. The molecule has 1 aromatic carbocycles. The molecule has 22 heavy (non-hydrogen) atoms. The van der Waals surface area contributed by atoms with E-state index in [2.05, 4.69) is 22.0 Å². The highest BCUT2D eigenvalue weighted by Gasteiger charge is 2.37. The number of aliphatic hydroxyl groups is 1. The molecule has 3 rings (SSSR count). The minimum Gasteiger partial charge on any atom is -0.398 e. The summed E-state index contributed by atoms with van der Waals surface area (Å²) < 4.78 is 0.973. The first-order valence-corrected chi connectivity index (χ1v) is 8.83. The zero-order chi connectivity index (χ0) is 15.6. The summed E-state index contributed by atoms with van der Waals surface area (Å²) in [6, 6.07) is 5.97. The van der Waals surface area contributed by atoms with Crippen LogP contribution in [-0.2, 0) is 5.54 Å². The number of nitrogens with zero attached hydrogens (tertiary/aromatic N) is 1. The summed E-state index contributed by atoms with van der Waals surface area (Å²) in [6.45, 7) is 0. The topological polar surface area (TPSA) is 58.6 Å². The Balaban J connectivity index is 1.83. The summed E-state index contributed by atoms with van der Waals surface area (Å²) >= 11 is 3.46. The van der Waals surface area contributed by atoms with Crippen molar-refractivity contribution in [1.29, 1.82) is 0 Å². The molecule has 0 radical (unpaired) electrons. The van der Waals surface area contributed by atoms with Gasteiger partial charge in [-0.3, -0.25) is 4.99 Å². The first-order chi connectivity index (χ1) is 10.5. The summed E-state index contributed by atoms with van der Waals surface area (Å²) in [6.07, 6.45) is 12.8. The van der Waals surface area contributed by atoms with E-state index in [9.17, 15) is 5.11 Å². The maximum absolute atomic E-state index is 10.8. The van der Waals surface area contributed by atoms with Gasteiger partial charge in [0.05, 0.1) is 5.60 Å². The minimum absolute atomic E-state index is 0.419. The Labute approximate surface area is 140 Å². The first kappa shape index (κ1) is 15.8. The Kier molecular flexibility index (Phi) is 4.42. The monoisotopic (exact) mass is 362 g/mol. The molecule has 0 bridgehead atoms. The van der Waals surface area contributed by atoms with E-state index in [1.54, 1.807) is 0 Å². The molecule has 1 aromatic rings. The molecule has 1 aliphatic carbocycles. The van der Waals surface area contributed by atoms with E-state index in [1.807, 2.05) is 30.5 Å². The van der Waals surface area contributed by atoms with Crippen molar-refractivity contribution in [2.45, 2.75) is 56.1 Å². The van der Waals surface area contributed by atoms with Crippen LogP contribution in [0.5, 0.6) is 0 Å². The van der Waals surface area contributed by atoms with Gasteiger partial charge in [0.1, 0.15) is 5.54 Å². The molecule has 1 atom stereocenters. The highest BCUT2D eigenvalue weighted by Crippen LogP contribution is 2.42. The van der Waals surface area contributed by atoms with Crippen LogP contribution in [0.25, 0.3) is 0 Å². The van der Waals surface area contributed by atoms with E-state index < -0.39 is 11.1 Å². The minimum atomic E-state index is -0.526. The summed E-state index contributed by atoms with van der Waals surface area (Å²) in [5.41, 5.74) is 7.05. The normalized spacial score (nSPS) is 26.5. The summed E-state index contributed by atoms with van der Waals surface area (Å²) in [5.74, 6) is 0. The molecule has 1 saturated carbocycles. The molecule has 4 heteroatoms. The van der Waals surface area contributed by atoms with Gasteiger partial charge in [0, 0.05) is 21.9 Å². The van der Waals surface area contributed by atoms with Crippen LogP contribution < -0.4 is 5.73 Å². The Morgan fingerprint density at radius 2 is 1.95 bits per heavy atom. The van der Waals surface area contributed by atoms with Gasteiger partial charge in [-0.25, -0.2) is 0 Å². The number of hydrogen-bond acceptors (Lipinski definition) is 3. The van der Waals surface area contributed by atoms with Crippen molar-refractivity contribution in [3.63, 3.8) is 0 Å². The van der Waals surface area contributed by atoms with Crippen LogP contribution >= 0.6 is 15.9 Å². The molecule has 1 unspecified atom stereocenters. The highest BCUT2D eigenvalue weighted by molar-refractivity contribution is 9.10. The fourth-order valence-corrected chi connectivity index (χ4v) is 4.05. The largest absolute Gasteiger partial charge is 0.398 e. The molecule has 0 amide bonds. The number of halogens is 1. The van der Waals surface area contributed by atoms with Gasteiger partial charge in [0.15, 0.2) is 0 Å². The van der Waals surface area contributed by atoms with Crippen molar-refractivity contribution in [3.8, 4) is 0 Å². The molecule has 118 valence electrons. The first-order valence-electron chi connectivity index (χ1n) is 8.04. The molecule has 1 aliphatic heterocycles. The molecular formula is C18H23BrN2O. The molecule has 3 nitrogen and oxygen atoms in total. The van der Waals surface area contributed by atoms with Crippen molar-refractivity contribution in [1.82, 2.24) is 0 Å². The third-order valence-electron chi connectivity index (χ3n) is 5.00. The standard InChI is InChI=1S/C18H23BrN2O/c19-14-5-6-15(16(20)13-14)18(9-4-12-21-18)11-10-17(22)7-2-1-3-8-17/h4-6,9,12-13,22H,1-3,7-8,10-11,20H2. The molecule has 3 N–H and O–H groups in total. The zero-order valence-electron chi connectivity index (χ0n) is 12.8. The second kappa shape index (κ2) is 6.17. The van der Waals surface area contributed by atoms with Gasteiger partial charge in [-0.15, -0.1) is 0 Å². The number of rotatable bonds is 4. The van der Waals surface area contributed by atoms with E-state index in [4.69, 9.17) is 10.7 Å². The summed E-state index contributed by atoms with van der Waals surface area (Å²) in [7, 11) is 0. The van der Waals surface area contributed by atoms with Gasteiger partial charge in [-0.2, -0.15) is 0 Å². The zero-order valence-corrected chi connectivity index (χ0v) is 14.3. The third-order valence-corrected chi connectivity index (χ3v) is 5.49. The van der Waals surface area contributed by atoms with Gasteiger partial charge in [-0.1, -0.05) is 47.3 Å². The fraction of sp³-hybridized carbons (Fsp3) is 0.500. The Morgan fingerprint density at radius 1 is 1.18 bits per heavy atom. The Hall–Kier alpha value is -1.13. The number of nitrogen functional groups attached to an aromatic ring is 1. The van der Waals surface area contributed by atoms with E-state index in [1.165, 1.54) is 6.42 Å². The van der Waals surface area contributed by atoms with E-state index >= 15 is 0 Å². The average Bonchev–Trinajstić information content (AvgIpc) is 2.96. The number of aliphatic imine (C=N–C) groups is 1. The SMILES string of the molecule is Nc1cc(Br)ccc1C1(CCC2(O)CCCCC2)C=CC=N1. The van der Waals surface area contributed by atoms with Crippen LogP contribution in [0.2, 0.25) is 0 Å². The lowest BCUT2D eigenvalue weighted by Gasteiger charge is -2.35. The summed E-state index contributed by atoms with van der Waals surface area (Å²) in [5, 5.41) is 10.8.